The van der Waals surface area contributed by atoms with Crippen molar-refractivity contribution in [1.29, 1.82) is 0 Å². The molecule has 0 spiro atoms. The van der Waals surface area contributed by atoms with E-state index in [4.69, 9.17) is 0 Å². The van der Waals surface area contributed by atoms with Crippen LogP contribution in [0.1, 0.15) is 17.3 Å². The maximum absolute atomic E-state index is 12.7. The van der Waals surface area contributed by atoms with E-state index in [2.05, 4.69) is 5.32 Å². The maximum atomic E-state index is 12.7. The average molecular weight is 353 g/mol. The van der Waals surface area contributed by atoms with Crippen LogP contribution in [0.15, 0.2) is 53.3 Å². The van der Waals surface area contributed by atoms with Gasteiger partial charge in [-0.1, -0.05) is 12.1 Å². The Morgan fingerprint density at radius 2 is 1.85 bits per heavy atom. The van der Waals surface area contributed by atoms with Gasteiger partial charge < -0.3 is 15.0 Å². The van der Waals surface area contributed by atoms with Gasteiger partial charge in [-0.3, -0.25) is 19.7 Å². The summed E-state index contributed by atoms with van der Waals surface area (Å²) >= 11 is 0. The molecule has 132 valence electrons. The fraction of sp³-hybridized carbons (Fsp3) is 0.111. The second-order valence-corrected chi connectivity index (χ2v) is 5.55. The van der Waals surface area contributed by atoms with Crippen molar-refractivity contribution in [3.05, 3.63) is 74.6 Å². The van der Waals surface area contributed by atoms with Crippen LogP contribution in [0, 0.1) is 10.1 Å². The van der Waals surface area contributed by atoms with E-state index in [-0.39, 0.29) is 16.9 Å². The molecule has 0 saturated heterocycles. The van der Waals surface area contributed by atoms with Gasteiger partial charge in [0, 0.05) is 29.8 Å². The lowest BCUT2D eigenvalue weighted by molar-refractivity contribution is -0.384. The van der Waals surface area contributed by atoms with Gasteiger partial charge in [-0.25, -0.2) is 0 Å². The predicted octanol–water partition coefficient (Wildman–Crippen LogP) is 2.89. The summed E-state index contributed by atoms with van der Waals surface area (Å²) in [5, 5.41) is 24.0. The highest BCUT2D eigenvalue weighted by molar-refractivity contribution is 6.09. The van der Waals surface area contributed by atoms with Gasteiger partial charge in [0.2, 0.25) is 0 Å². The Labute approximate surface area is 147 Å². The number of anilines is 1. The lowest BCUT2D eigenvalue weighted by Crippen LogP contribution is -2.29. The van der Waals surface area contributed by atoms with E-state index in [1.165, 1.54) is 28.8 Å². The molecule has 0 saturated carbocycles. The van der Waals surface area contributed by atoms with Gasteiger partial charge in [0.25, 0.3) is 17.2 Å². The maximum Gasteiger partial charge on any atom is 0.269 e. The zero-order chi connectivity index (χ0) is 18.8. The first-order valence-corrected chi connectivity index (χ1v) is 7.84. The molecule has 0 atom stereocenters. The molecule has 2 aromatic carbocycles. The number of amides is 1. The summed E-state index contributed by atoms with van der Waals surface area (Å²) in [4.78, 5) is 35.4. The molecule has 0 aliphatic carbocycles. The van der Waals surface area contributed by atoms with Gasteiger partial charge in [0.1, 0.15) is 11.3 Å². The number of nitro groups is 1. The van der Waals surface area contributed by atoms with E-state index in [9.17, 15) is 24.8 Å². The monoisotopic (exact) mass is 353 g/mol. The number of carbonyl (C=O) groups is 1. The number of carbonyl (C=O) groups excluding carboxylic acids is 1. The topological polar surface area (TPSA) is 114 Å². The molecule has 0 aliphatic heterocycles. The third-order valence-corrected chi connectivity index (χ3v) is 4.03. The van der Waals surface area contributed by atoms with Gasteiger partial charge in [-0.05, 0) is 31.2 Å². The Hall–Kier alpha value is -3.68. The van der Waals surface area contributed by atoms with Gasteiger partial charge in [0.15, 0.2) is 0 Å². The van der Waals surface area contributed by atoms with Crippen molar-refractivity contribution in [3.63, 3.8) is 0 Å². The predicted molar refractivity (Wildman–Crippen MR) is 96.6 cm³/mol. The van der Waals surface area contributed by atoms with Gasteiger partial charge in [-0.2, -0.15) is 0 Å². The number of aromatic hydroxyl groups is 1. The molecule has 8 nitrogen and oxygen atoms in total. The van der Waals surface area contributed by atoms with Crippen LogP contribution in [-0.2, 0) is 6.54 Å². The molecule has 2 N–H and O–H groups in total. The van der Waals surface area contributed by atoms with Crippen molar-refractivity contribution in [1.82, 2.24) is 4.57 Å². The first kappa shape index (κ1) is 17.2. The molecule has 0 unspecified atom stereocenters. The second kappa shape index (κ2) is 6.67. The molecule has 1 aromatic heterocycles. The van der Waals surface area contributed by atoms with E-state index in [0.29, 0.717) is 17.4 Å². The van der Waals surface area contributed by atoms with E-state index >= 15 is 0 Å². The minimum Gasteiger partial charge on any atom is -0.506 e. The van der Waals surface area contributed by atoms with Crippen LogP contribution in [0.2, 0.25) is 0 Å². The molecule has 8 heteroatoms. The minimum absolute atomic E-state index is 0.120. The van der Waals surface area contributed by atoms with Crippen LogP contribution in [0.25, 0.3) is 10.9 Å². The van der Waals surface area contributed by atoms with Gasteiger partial charge in [0.05, 0.1) is 10.4 Å². The zero-order valence-corrected chi connectivity index (χ0v) is 13.8. The number of fused-ring (bicyclic) bond motifs is 1. The Bertz CT molecular complexity index is 1070. The molecule has 26 heavy (non-hydrogen) atoms. The molecule has 0 bridgehead atoms. The molecule has 0 radical (unpaired) electrons. The standard InChI is InChI=1S/C18H15N3O5/c1-2-20-14-6-4-3-5-13(14)16(22)15(18(20)24)17(23)19-11-7-9-12(10-8-11)21(25)26/h3-10,22H,2H2,1H3,(H,19,23). The first-order chi connectivity index (χ1) is 12.4. The average Bonchev–Trinajstić information content (AvgIpc) is 2.62. The van der Waals surface area contributed by atoms with Crippen LogP contribution in [-0.4, -0.2) is 20.5 Å². The number of aromatic nitrogens is 1. The molecule has 0 aliphatic rings. The highest BCUT2D eigenvalue weighted by Crippen LogP contribution is 2.27. The van der Waals surface area contributed by atoms with Crippen molar-refractivity contribution in [2.75, 3.05) is 5.32 Å². The van der Waals surface area contributed by atoms with Crippen molar-refractivity contribution < 1.29 is 14.8 Å². The van der Waals surface area contributed by atoms with Gasteiger partial charge >= 0.3 is 0 Å². The molecule has 3 aromatic rings. The number of nitrogens with one attached hydrogen (secondary N) is 1. The quantitative estimate of drug-likeness (QED) is 0.553. The number of benzene rings is 2. The number of aryl methyl sites for hydroxylation is 1. The number of para-hydroxylation sites is 1. The summed E-state index contributed by atoms with van der Waals surface area (Å²) in [5.41, 5.74) is -0.295. The van der Waals surface area contributed by atoms with Crippen LogP contribution >= 0.6 is 0 Å². The highest BCUT2D eigenvalue weighted by Gasteiger charge is 2.22. The third-order valence-electron chi connectivity index (χ3n) is 4.03. The SMILES string of the molecule is CCn1c(=O)c(C(=O)Nc2ccc([N+](=O)[O-])cc2)c(O)c2ccccc21. The fourth-order valence-electron chi connectivity index (χ4n) is 2.77. The van der Waals surface area contributed by atoms with E-state index in [1.807, 2.05) is 0 Å². The van der Waals surface area contributed by atoms with Crippen molar-refractivity contribution >= 4 is 28.2 Å². The van der Waals surface area contributed by atoms with Crippen molar-refractivity contribution in [2.24, 2.45) is 0 Å². The zero-order valence-electron chi connectivity index (χ0n) is 13.8. The Morgan fingerprint density at radius 1 is 1.19 bits per heavy atom. The minimum atomic E-state index is -0.783. The fourth-order valence-corrected chi connectivity index (χ4v) is 2.77. The molecule has 0 fully saturated rings. The lowest BCUT2D eigenvalue weighted by Gasteiger charge is -2.13. The number of non-ortho nitro benzene ring substituents is 1. The summed E-state index contributed by atoms with van der Waals surface area (Å²) in [6.45, 7) is 2.10. The Balaban J connectivity index is 2.05. The number of pyridine rings is 1. The largest absolute Gasteiger partial charge is 0.506 e. The summed E-state index contributed by atoms with van der Waals surface area (Å²) in [6.07, 6.45) is 0. The second-order valence-electron chi connectivity index (χ2n) is 5.55. The Kier molecular flexibility index (Phi) is 4.40. The Morgan fingerprint density at radius 3 is 2.46 bits per heavy atom. The highest BCUT2D eigenvalue weighted by atomic mass is 16.6. The third kappa shape index (κ3) is 2.88. The number of hydrogen-bond donors (Lipinski definition) is 2. The summed E-state index contributed by atoms with van der Waals surface area (Å²) in [5.74, 6) is -1.18. The van der Waals surface area contributed by atoms with Crippen molar-refractivity contribution in [2.45, 2.75) is 13.5 Å². The number of hydrogen-bond acceptors (Lipinski definition) is 5. The number of nitro benzene ring substituents is 1. The van der Waals surface area contributed by atoms with Crippen LogP contribution in [0.3, 0.4) is 0 Å². The molecule has 1 heterocycles. The molecule has 1 amide bonds. The van der Waals surface area contributed by atoms with E-state index < -0.39 is 22.1 Å². The van der Waals surface area contributed by atoms with E-state index in [1.54, 1.807) is 31.2 Å². The smallest absolute Gasteiger partial charge is 0.269 e. The van der Waals surface area contributed by atoms with Crippen LogP contribution < -0.4 is 10.9 Å². The van der Waals surface area contributed by atoms with Crippen LogP contribution in [0.4, 0.5) is 11.4 Å². The summed E-state index contributed by atoms with van der Waals surface area (Å²) in [6, 6.07) is 11.9. The normalized spacial score (nSPS) is 10.7. The van der Waals surface area contributed by atoms with Crippen LogP contribution in [0.5, 0.6) is 5.75 Å². The van der Waals surface area contributed by atoms with E-state index in [0.717, 1.165) is 0 Å². The molecular weight excluding hydrogens is 338 g/mol. The lowest BCUT2D eigenvalue weighted by atomic mass is 10.1. The number of rotatable bonds is 4. The summed E-state index contributed by atoms with van der Waals surface area (Å²) < 4.78 is 1.40. The molecular formula is C18H15N3O5. The summed E-state index contributed by atoms with van der Waals surface area (Å²) in [7, 11) is 0. The van der Waals surface area contributed by atoms with Crippen molar-refractivity contribution in [3.8, 4) is 5.75 Å². The first-order valence-electron chi connectivity index (χ1n) is 7.84. The number of nitrogens with zero attached hydrogens (tertiary/aromatic N) is 2. The van der Waals surface area contributed by atoms with Gasteiger partial charge in [-0.15, -0.1) is 0 Å². The molecule has 3 rings (SSSR count).